The number of nitrogens with zero attached hydrogens (tertiary/aromatic N) is 2. The van der Waals surface area contributed by atoms with Crippen LogP contribution in [0, 0.1) is 11.3 Å². The van der Waals surface area contributed by atoms with Gasteiger partial charge in [-0.1, -0.05) is 6.07 Å². The molecule has 2 N–H and O–H groups in total. The highest BCUT2D eigenvalue weighted by atomic mass is 16.5. The first kappa shape index (κ1) is 11.0. The molecule has 0 aliphatic carbocycles. The monoisotopic (exact) mass is 225 g/mol. The summed E-state index contributed by atoms with van der Waals surface area (Å²) < 4.78 is 5.54. The second-order valence-electron chi connectivity index (χ2n) is 3.52. The first-order valence-corrected chi connectivity index (χ1v) is 5.11. The number of ether oxygens (including phenoxy) is 1. The Bertz CT molecular complexity index is 526. The molecule has 0 bridgehead atoms. The van der Waals surface area contributed by atoms with E-state index < -0.39 is 0 Å². The largest absolute Gasteiger partial charge is 0.489 e. The number of anilines is 1. The van der Waals surface area contributed by atoms with E-state index in [1.54, 1.807) is 36.5 Å². The molecule has 4 nitrogen and oxygen atoms in total. The highest BCUT2D eigenvalue weighted by molar-refractivity contribution is 5.35. The highest BCUT2D eigenvalue weighted by Crippen LogP contribution is 2.13. The minimum Gasteiger partial charge on any atom is -0.489 e. The van der Waals surface area contributed by atoms with Crippen molar-refractivity contribution in [2.75, 3.05) is 5.73 Å². The van der Waals surface area contributed by atoms with Crippen molar-refractivity contribution in [2.45, 2.75) is 6.61 Å². The lowest BCUT2D eigenvalue weighted by molar-refractivity contribution is 0.306. The van der Waals surface area contributed by atoms with Crippen molar-refractivity contribution in [1.29, 1.82) is 5.26 Å². The van der Waals surface area contributed by atoms with E-state index in [0.29, 0.717) is 18.0 Å². The van der Waals surface area contributed by atoms with Crippen LogP contribution in [-0.4, -0.2) is 4.98 Å². The molecule has 0 saturated carbocycles. The SMILES string of the molecule is N#Cc1ccc(OCc2ccc(N)nc2)cc1. The maximum Gasteiger partial charge on any atom is 0.123 e. The van der Waals surface area contributed by atoms with Crippen molar-refractivity contribution in [2.24, 2.45) is 0 Å². The fraction of sp³-hybridized carbons (Fsp3) is 0.0769. The maximum absolute atomic E-state index is 8.65. The molecule has 0 amide bonds. The fourth-order valence-corrected chi connectivity index (χ4v) is 1.31. The Kier molecular flexibility index (Phi) is 3.22. The van der Waals surface area contributed by atoms with Crippen molar-refractivity contribution in [3.63, 3.8) is 0 Å². The second kappa shape index (κ2) is 4.99. The molecule has 1 aromatic heterocycles. The molecule has 0 unspecified atom stereocenters. The van der Waals surface area contributed by atoms with Gasteiger partial charge in [0.25, 0.3) is 0 Å². The molecule has 4 heteroatoms. The number of pyridine rings is 1. The molecule has 0 spiro atoms. The molecule has 0 atom stereocenters. The van der Waals surface area contributed by atoms with E-state index in [4.69, 9.17) is 15.7 Å². The van der Waals surface area contributed by atoms with E-state index in [-0.39, 0.29) is 0 Å². The standard InChI is InChI=1S/C13H11N3O/c14-7-10-1-4-12(5-2-10)17-9-11-3-6-13(15)16-8-11/h1-6,8H,9H2,(H2,15,16). The van der Waals surface area contributed by atoms with Crippen molar-refractivity contribution < 1.29 is 4.74 Å². The second-order valence-corrected chi connectivity index (χ2v) is 3.52. The van der Waals surface area contributed by atoms with Crippen LogP contribution in [0.5, 0.6) is 5.75 Å². The van der Waals surface area contributed by atoms with E-state index in [0.717, 1.165) is 11.3 Å². The quantitative estimate of drug-likeness (QED) is 0.868. The molecule has 0 saturated heterocycles. The van der Waals surface area contributed by atoms with Crippen LogP contribution in [0.2, 0.25) is 0 Å². The molecule has 84 valence electrons. The van der Waals surface area contributed by atoms with Crippen LogP contribution in [0.1, 0.15) is 11.1 Å². The average molecular weight is 225 g/mol. The highest BCUT2D eigenvalue weighted by Gasteiger charge is 1.97. The summed E-state index contributed by atoms with van der Waals surface area (Å²) in [7, 11) is 0. The molecular formula is C13H11N3O. The lowest BCUT2D eigenvalue weighted by Crippen LogP contribution is -1.97. The summed E-state index contributed by atoms with van der Waals surface area (Å²) in [5, 5.41) is 8.65. The third-order valence-corrected chi connectivity index (χ3v) is 2.24. The number of hydrogen-bond acceptors (Lipinski definition) is 4. The predicted octanol–water partition coefficient (Wildman–Crippen LogP) is 2.11. The van der Waals surface area contributed by atoms with Gasteiger partial charge in [0, 0.05) is 11.8 Å². The summed E-state index contributed by atoms with van der Waals surface area (Å²) in [5.41, 5.74) is 7.05. The van der Waals surface area contributed by atoms with Gasteiger partial charge in [0.05, 0.1) is 11.6 Å². The zero-order chi connectivity index (χ0) is 12.1. The molecule has 2 aromatic rings. The van der Waals surface area contributed by atoms with Crippen molar-refractivity contribution in [3.8, 4) is 11.8 Å². The number of hydrogen-bond donors (Lipinski definition) is 1. The van der Waals surface area contributed by atoms with Gasteiger partial charge in [0.1, 0.15) is 18.2 Å². The van der Waals surface area contributed by atoms with Crippen LogP contribution in [0.15, 0.2) is 42.6 Å². The van der Waals surface area contributed by atoms with Crippen LogP contribution in [0.25, 0.3) is 0 Å². The molecule has 0 aliphatic rings. The Morgan fingerprint density at radius 3 is 2.53 bits per heavy atom. The van der Waals surface area contributed by atoms with Gasteiger partial charge < -0.3 is 10.5 Å². The lowest BCUT2D eigenvalue weighted by Gasteiger charge is -2.05. The number of nitrogens with two attached hydrogens (primary N) is 1. The van der Waals surface area contributed by atoms with Gasteiger partial charge in [-0.2, -0.15) is 5.26 Å². The summed E-state index contributed by atoms with van der Waals surface area (Å²) in [6, 6.07) is 12.6. The Hall–Kier alpha value is -2.54. The van der Waals surface area contributed by atoms with Crippen LogP contribution in [0.4, 0.5) is 5.82 Å². The molecule has 1 heterocycles. The fourth-order valence-electron chi connectivity index (χ4n) is 1.31. The first-order chi connectivity index (χ1) is 8.28. The molecule has 0 aliphatic heterocycles. The topological polar surface area (TPSA) is 71.9 Å². The maximum atomic E-state index is 8.65. The number of benzene rings is 1. The number of nitriles is 1. The average Bonchev–Trinajstić information content (AvgIpc) is 2.39. The van der Waals surface area contributed by atoms with E-state index in [1.165, 1.54) is 0 Å². The Morgan fingerprint density at radius 2 is 1.94 bits per heavy atom. The lowest BCUT2D eigenvalue weighted by atomic mass is 10.2. The normalized spacial score (nSPS) is 9.59. The smallest absolute Gasteiger partial charge is 0.123 e. The van der Waals surface area contributed by atoms with Crippen molar-refractivity contribution in [1.82, 2.24) is 4.98 Å². The van der Waals surface area contributed by atoms with Gasteiger partial charge in [-0.15, -0.1) is 0 Å². The molecular weight excluding hydrogens is 214 g/mol. The van der Waals surface area contributed by atoms with Gasteiger partial charge in [-0.3, -0.25) is 0 Å². The van der Waals surface area contributed by atoms with E-state index >= 15 is 0 Å². The Balaban J connectivity index is 1.98. The van der Waals surface area contributed by atoms with Crippen LogP contribution < -0.4 is 10.5 Å². The van der Waals surface area contributed by atoms with Gasteiger partial charge in [-0.25, -0.2) is 4.98 Å². The molecule has 1 aromatic carbocycles. The van der Waals surface area contributed by atoms with Gasteiger partial charge >= 0.3 is 0 Å². The zero-order valence-corrected chi connectivity index (χ0v) is 9.13. The Labute approximate surface area is 99.3 Å². The first-order valence-electron chi connectivity index (χ1n) is 5.11. The van der Waals surface area contributed by atoms with E-state index in [1.807, 2.05) is 6.07 Å². The predicted molar refractivity (Wildman–Crippen MR) is 64.1 cm³/mol. The Morgan fingerprint density at radius 1 is 1.18 bits per heavy atom. The van der Waals surface area contributed by atoms with Crippen molar-refractivity contribution >= 4 is 5.82 Å². The van der Waals surface area contributed by atoms with E-state index in [2.05, 4.69) is 11.1 Å². The number of aromatic nitrogens is 1. The van der Waals surface area contributed by atoms with Crippen LogP contribution >= 0.6 is 0 Å². The molecule has 17 heavy (non-hydrogen) atoms. The summed E-state index contributed by atoms with van der Waals surface area (Å²) >= 11 is 0. The third-order valence-electron chi connectivity index (χ3n) is 2.24. The summed E-state index contributed by atoms with van der Waals surface area (Å²) in [4.78, 5) is 3.97. The summed E-state index contributed by atoms with van der Waals surface area (Å²) in [5.74, 6) is 1.22. The van der Waals surface area contributed by atoms with Gasteiger partial charge in [-0.05, 0) is 30.3 Å². The number of nitrogen functional groups attached to an aromatic ring is 1. The molecule has 0 fully saturated rings. The minimum atomic E-state index is 0.430. The van der Waals surface area contributed by atoms with Gasteiger partial charge in [0.2, 0.25) is 0 Å². The number of rotatable bonds is 3. The molecule has 2 rings (SSSR count). The summed E-state index contributed by atoms with van der Waals surface area (Å²) in [6.45, 7) is 0.430. The van der Waals surface area contributed by atoms with Crippen LogP contribution in [-0.2, 0) is 6.61 Å². The van der Waals surface area contributed by atoms with Crippen molar-refractivity contribution in [3.05, 3.63) is 53.7 Å². The third kappa shape index (κ3) is 2.95. The molecule has 0 radical (unpaired) electrons. The zero-order valence-electron chi connectivity index (χ0n) is 9.13. The minimum absolute atomic E-state index is 0.430. The summed E-state index contributed by atoms with van der Waals surface area (Å²) in [6.07, 6.45) is 1.68. The van der Waals surface area contributed by atoms with E-state index in [9.17, 15) is 0 Å². The van der Waals surface area contributed by atoms with Gasteiger partial charge in [0.15, 0.2) is 0 Å². The van der Waals surface area contributed by atoms with Crippen LogP contribution in [0.3, 0.4) is 0 Å².